The van der Waals surface area contributed by atoms with Crippen LogP contribution in [0.2, 0.25) is 0 Å². The molecule has 43 heavy (non-hydrogen) atoms. The van der Waals surface area contributed by atoms with Crippen LogP contribution in [0.15, 0.2) is 69.0 Å². The van der Waals surface area contributed by atoms with Crippen LogP contribution in [-0.4, -0.2) is 51.8 Å². The standard InChI is InChI=1S/C37H45N5O/c1-5-9-25-21-31-35-23-27(11-7-3)33-15-16-34-28(12-8-4)24-36(42(34)37(41(33)35)40-17-19-43-20-18-40)32-22-26(10-6-2)30(39-32)14-13-29(25)38-31/h13-16,21-24,37H,5-12,17-20H2,1-4H3. The van der Waals surface area contributed by atoms with Crippen LogP contribution >= 0.6 is 0 Å². The maximum Gasteiger partial charge on any atom is 0.169 e. The van der Waals surface area contributed by atoms with Crippen molar-refractivity contribution in [3.63, 3.8) is 0 Å². The summed E-state index contributed by atoms with van der Waals surface area (Å²) in [6, 6.07) is 4.86. The van der Waals surface area contributed by atoms with Crippen molar-refractivity contribution in [3.8, 4) is 0 Å². The van der Waals surface area contributed by atoms with E-state index in [1.807, 2.05) is 0 Å². The number of fused-ring (bicyclic) bond motifs is 4. The number of hydrogen-bond acceptors (Lipinski definition) is 4. The minimum absolute atomic E-state index is 0.0385. The van der Waals surface area contributed by atoms with Gasteiger partial charge in [-0.25, -0.2) is 9.98 Å². The molecule has 2 aromatic rings. The summed E-state index contributed by atoms with van der Waals surface area (Å²) in [7, 11) is 0. The average Bonchev–Trinajstić information content (AvgIpc) is 3.75. The quantitative estimate of drug-likeness (QED) is 0.306. The lowest BCUT2D eigenvalue weighted by Crippen LogP contribution is -2.46. The lowest BCUT2D eigenvalue weighted by molar-refractivity contribution is -0.0110. The molecule has 7 rings (SSSR count). The molecule has 7 heterocycles. The fraction of sp³-hybridized carbons (Fsp3) is 0.459. The second-order valence-electron chi connectivity index (χ2n) is 12.4. The SMILES string of the molecule is CCCC1=CC2=NC1=CC=C1N=C(C=C1CCC)c1cc(CCC)c3n1C(N1CCOCC1)n1c2cc(CCC)c1C=C3. The summed E-state index contributed by atoms with van der Waals surface area (Å²) in [5.74, 6) is 0. The van der Waals surface area contributed by atoms with E-state index in [4.69, 9.17) is 14.7 Å². The second kappa shape index (κ2) is 11.9. The topological polar surface area (TPSA) is 47.1 Å². The number of aliphatic imine (C=N–C) groups is 2. The molecule has 5 aliphatic heterocycles. The van der Waals surface area contributed by atoms with Gasteiger partial charge in [0.15, 0.2) is 6.29 Å². The zero-order valence-corrected chi connectivity index (χ0v) is 26.3. The van der Waals surface area contributed by atoms with E-state index in [0.717, 1.165) is 100 Å². The number of morpholine rings is 1. The minimum atomic E-state index is -0.0385. The molecule has 0 atom stereocenters. The Balaban J connectivity index is 1.57. The summed E-state index contributed by atoms with van der Waals surface area (Å²) in [5, 5.41) is 0. The van der Waals surface area contributed by atoms with Gasteiger partial charge in [-0.1, -0.05) is 53.4 Å². The van der Waals surface area contributed by atoms with Crippen LogP contribution < -0.4 is 0 Å². The van der Waals surface area contributed by atoms with Crippen LogP contribution in [0, 0.1) is 0 Å². The number of aromatic nitrogens is 2. The molecule has 0 amide bonds. The molecule has 5 aliphatic rings. The highest BCUT2D eigenvalue weighted by Crippen LogP contribution is 2.39. The van der Waals surface area contributed by atoms with E-state index in [0.29, 0.717) is 0 Å². The fourth-order valence-corrected chi connectivity index (χ4v) is 7.39. The van der Waals surface area contributed by atoms with Gasteiger partial charge in [0.2, 0.25) is 0 Å². The van der Waals surface area contributed by atoms with Crippen molar-refractivity contribution in [3.05, 3.63) is 92.9 Å². The Hall–Kier alpha value is -3.48. The summed E-state index contributed by atoms with van der Waals surface area (Å²) < 4.78 is 11.1. The van der Waals surface area contributed by atoms with E-state index in [2.05, 4.69) is 90.3 Å². The van der Waals surface area contributed by atoms with Crippen molar-refractivity contribution in [2.45, 2.75) is 85.4 Å². The van der Waals surface area contributed by atoms with Crippen molar-refractivity contribution in [2.75, 3.05) is 26.3 Å². The van der Waals surface area contributed by atoms with Gasteiger partial charge in [-0.05, 0) is 96.5 Å². The zero-order chi connectivity index (χ0) is 29.5. The molecule has 0 aliphatic carbocycles. The maximum absolute atomic E-state index is 5.91. The van der Waals surface area contributed by atoms with Crippen molar-refractivity contribution in [1.29, 1.82) is 0 Å². The van der Waals surface area contributed by atoms with Crippen molar-refractivity contribution in [1.82, 2.24) is 14.0 Å². The van der Waals surface area contributed by atoms with Crippen LogP contribution in [0.1, 0.15) is 106 Å². The Morgan fingerprint density at radius 2 is 1.14 bits per heavy atom. The molecule has 0 spiro atoms. The van der Waals surface area contributed by atoms with E-state index >= 15 is 0 Å². The Bertz CT molecular complexity index is 1530. The van der Waals surface area contributed by atoms with Crippen LogP contribution in [0.3, 0.4) is 0 Å². The third-order valence-electron chi connectivity index (χ3n) is 9.31. The summed E-state index contributed by atoms with van der Waals surface area (Å²) >= 11 is 0. The van der Waals surface area contributed by atoms with Crippen LogP contribution in [0.4, 0.5) is 0 Å². The first-order valence-corrected chi connectivity index (χ1v) is 16.6. The van der Waals surface area contributed by atoms with Gasteiger partial charge in [0, 0.05) is 24.5 Å². The van der Waals surface area contributed by atoms with Gasteiger partial charge in [0.1, 0.15) is 0 Å². The molecular weight excluding hydrogens is 530 g/mol. The first-order chi connectivity index (χ1) is 21.1. The monoisotopic (exact) mass is 575 g/mol. The molecule has 224 valence electrons. The van der Waals surface area contributed by atoms with Gasteiger partial charge in [-0.15, -0.1) is 0 Å². The predicted molar refractivity (Wildman–Crippen MR) is 178 cm³/mol. The fourth-order valence-electron chi connectivity index (χ4n) is 7.39. The molecule has 0 unspecified atom stereocenters. The van der Waals surface area contributed by atoms with Gasteiger partial charge in [0.25, 0.3) is 0 Å². The first kappa shape index (κ1) is 28.3. The Morgan fingerprint density at radius 1 is 0.674 bits per heavy atom. The summed E-state index contributed by atoms with van der Waals surface area (Å²) in [4.78, 5) is 13.3. The zero-order valence-electron chi connectivity index (χ0n) is 26.3. The molecule has 6 heteroatoms. The highest BCUT2D eigenvalue weighted by molar-refractivity contribution is 6.13. The smallest absolute Gasteiger partial charge is 0.169 e. The number of hydrogen-bond donors (Lipinski definition) is 0. The number of ether oxygens (including phenoxy) is 1. The van der Waals surface area contributed by atoms with Crippen molar-refractivity contribution >= 4 is 23.6 Å². The van der Waals surface area contributed by atoms with E-state index in [-0.39, 0.29) is 6.29 Å². The first-order valence-electron chi connectivity index (χ1n) is 16.6. The maximum atomic E-state index is 5.91. The number of allylic oxidation sites excluding steroid dienone is 6. The van der Waals surface area contributed by atoms with Gasteiger partial charge in [0.05, 0.1) is 47.4 Å². The van der Waals surface area contributed by atoms with E-state index in [9.17, 15) is 0 Å². The highest BCUT2D eigenvalue weighted by atomic mass is 16.5. The normalized spacial score (nSPS) is 20.8. The summed E-state index contributed by atoms with van der Waals surface area (Å²) in [6.45, 7) is 12.3. The Morgan fingerprint density at radius 3 is 1.58 bits per heavy atom. The largest absolute Gasteiger partial charge is 0.379 e. The van der Waals surface area contributed by atoms with Gasteiger partial charge >= 0.3 is 0 Å². The molecule has 6 bridgehead atoms. The molecule has 1 fully saturated rings. The lowest BCUT2D eigenvalue weighted by Gasteiger charge is -2.38. The van der Waals surface area contributed by atoms with Gasteiger partial charge in [-0.2, -0.15) is 0 Å². The van der Waals surface area contributed by atoms with Gasteiger partial charge in [-0.3, -0.25) is 4.90 Å². The predicted octanol–water partition coefficient (Wildman–Crippen LogP) is 7.85. The van der Waals surface area contributed by atoms with E-state index in [1.165, 1.54) is 45.0 Å². The molecule has 0 aromatic carbocycles. The number of rotatable bonds is 9. The Labute approximate surface area is 256 Å². The molecule has 2 aromatic heterocycles. The molecule has 1 saturated heterocycles. The Kier molecular flexibility index (Phi) is 7.83. The molecule has 0 N–H and O–H groups in total. The minimum Gasteiger partial charge on any atom is -0.379 e. The van der Waals surface area contributed by atoms with Crippen LogP contribution in [0.5, 0.6) is 0 Å². The van der Waals surface area contributed by atoms with Gasteiger partial charge < -0.3 is 13.9 Å². The molecule has 6 nitrogen and oxygen atoms in total. The highest BCUT2D eigenvalue weighted by Gasteiger charge is 2.36. The lowest BCUT2D eigenvalue weighted by atomic mass is 10.0. The van der Waals surface area contributed by atoms with Crippen molar-refractivity contribution < 1.29 is 4.74 Å². The van der Waals surface area contributed by atoms with Crippen LogP contribution in [0.25, 0.3) is 12.2 Å². The summed E-state index contributed by atoms with van der Waals surface area (Å²) in [5.41, 5.74) is 14.8. The van der Waals surface area contributed by atoms with E-state index < -0.39 is 0 Å². The molecule has 0 saturated carbocycles. The van der Waals surface area contributed by atoms with Crippen molar-refractivity contribution in [2.24, 2.45) is 9.98 Å². The van der Waals surface area contributed by atoms with E-state index in [1.54, 1.807) is 0 Å². The number of nitrogens with zero attached hydrogens (tertiary/aromatic N) is 5. The average molecular weight is 576 g/mol. The summed E-state index contributed by atoms with van der Waals surface area (Å²) in [6.07, 6.45) is 22.4. The number of aryl methyl sites for hydroxylation is 2. The third-order valence-corrected chi connectivity index (χ3v) is 9.31. The molecule has 0 radical (unpaired) electrons. The second-order valence-corrected chi connectivity index (χ2v) is 12.4. The van der Waals surface area contributed by atoms with Crippen LogP contribution in [-0.2, 0) is 17.6 Å². The molecular formula is C37H45N5O. The third kappa shape index (κ3) is 4.89.